The number of amides is 1. The molecule has 1 N–H and O–H groups in total. The summed E-state index contributed by atoms with van der Waals surface area (Å²) in [7, 11) is 0. The number of hydrogen-bond acceptors (Lipinski definition) is 2. The van der Waals surface area contributed by atoms with Gasteiger partial charge in [-0.05, 0) is 42.3 Å². The summed E-state index contributed by atoms with van der Waals surface area (Å²) in [6.07, 6.45) is 0.944. The maximum atomic E-state index is 12.1. The Balaban J connectivity index is 1.95. The Labute approximate surface area is 133 Å². The van der Waals surface area contributed by atoms with Crippen LogP contribution in [0.5, 0.6) is 5.75 Å². The Bertz CT molecular complexity index is 596. The molecule has 0 aliphatic rings. The number of halogens is 1. The second-order valence-corrected chi connectivity index (χ2v) is 5.60. The Morgan fingerprint density at radius 1 is 1.19 bits per heavy atom. The SMILES string of the molecule is CCCOc1cccc(C(=O)NCc2ccc(Br)cc2)c1. The number of hydrogen-bond donors (Lipinski definition) is 1. The molecule has 2 rings (SSSR count). The molecule has 0 atom stereocenters. The molecular formula is C17H18BrNO2. The van der Waals surface area contributed by atoms with Gasteiger partial charge in [-0.1, -0.05) is 41.1 Å². The molecule has 0 unspecified atom stereocenters. The van der Waals surface area contributed by atoms with Gasteiger partial charge in [-0.3, -0.25) is 4.79 Å². The van der Waals surface area contributed by atoms with Crippen LogP contribution in [0.1, 0.15) is 29.3 Å². The fourth-order valence-corrected chi connectivity index (χ4v) is 2.10. The van der Waals surface area contributed by atoms with E-state index in [1.54, 1.807) is 12.1 Å². The van der Waals surface area contributed by atoms with Crippen LogP contribution in [0.4, 0.5) is 0 Å². The highest BCUT2D eigenvalue weighted by molar-refractivity contribution is 9.10. The Morgan fingerprint density at radius 2 is 1.95 bits per heavy atom. The van der Waals surface area contributed by atoms with Crippen molar-refractivity contribution in [1.82, 2.24) is 5.32 Å². The average molecular weight is 348 g/mol. The predicted octanol–water partition coefficient (Wildman–Crippen LogP) is 4.17. The molecule has 0 radical (unpaired) electrons. The molecule has 21 heavy (non-hydrogen) atoms. The molecule has 0 aromatic heterocycles. The standard InChI is InChI=1S/C17H18BrNO2/c1-2-10-21-16-5-3-4-14(11-16)17(20)19-12-13-6-8-15(18)9-7-13/h3-9,11H,2,10,12H2,1H3,(H,19,20). The lowest BCUT2D eigenvalue weighted by Gasteiger charge is -2.08. The third kappa shape index (κ3) is 4.90. The van der Waals surface area contributed by atoms with E-state index in [4.69, 9.17) is 4.74 Å². The second-order valence-electron chi connectivity index (χ2n) is 4.69. The van der Waals surface area contributed by atoms with Crippen LogP contribution < -0.4 is 10.1 Å². The van der Waals surface area contributed by atoms with E-state index in [1.165, 1.54) is 0 Å². The van der Waals surface area contributed by atoms with E-state index >= 15 is 0 Å². The minimum atomic E-state index is -0.0973. The molecule has 0 aliphatic carbocycles. The summed E-state index contributed by atoms with van der Waals surface area (Å²) in [5.41, 5.74) is 1.67. The van der Waals surface area contributed by atoms with E-state index in [2.05, 4.69) is 28.2 Å². The van der Waals surface area contributed by atoms with Crippen molar-refractivity contribution in [2.45, 2.75) is 19.9 Å². The van der Waals surface area contributed by atoms with Gasteiger partial charge in [0.1, 0.15) is 5.75 Å². The molecule has 0 spiro atoms. The molecule has 0 saturated heterocycles. The zero-order valence-corrected chi connectivity index (χ0v) is 13.5. The number of ether oxygens (including phenoxy) is 1. The molecule has 2 aromatic carbocycles. The highest BCUT2D eigenvalue weighted by Gasteiger charge is 2.06. The van der Waals surface area contributed by atoms with Gasteiger partial charge in [-0.25, -0.2) is 0 Å². The third-order valence-corrected chi connectivity index (χ3v) is 3.46. The van der Waals surface area contributed by atoms with Crippen LogP contribution >= 0.6 is 15.9 Å². The fraction of sp³-hybridized carbons (Fsp3) is 0.235. The normalized spacial score (nSPS) is 10.2. The monoisotopic (exact) mass is 347 g/mol. The molecule has 0 heterocycles. The van der Waals surface area contributed by atoms with E-state index in [9.17, 15) is 4.79 Å². The van der Waals surface area contributed by atoms with Gasteiger partial charge in [-0.2, -0.15) is 0 Å². The van der Waals surface area contributed by atoms with Crippen LogP contribution in [0.3, 0.4) is 0 Å². The van der Waals surface area contributed by atoms with Crippen LogP contribution in [-0.2, 0) is 6.54 Å². The van der Waals surface area contributed by atoms with Crippen molar-refractivity contribution in [2.24, 2.45) is 0 Å². The van der Waals surface area contributed by atoms with Crippen molar-refractivity contribution in [2.75, 3.05) is 6.61 Å². The van der Waals surface area contributed by atoms with E-state index in [1.807, 2.05) is 36.4 Å². The Kier molecular flexibility index (Phi) is 5.81. The molecule has 4 heteroatoms. The van der Waals surface area contributed by atoms with Crippen molar-refractivity contribution in [1.29, 1.82) is 0 Å². The van der Waals surface area contributed by atoms with Crippen molar-refractivity contribution in [3.63, 3.8) is 0 Å². The molecule has 1 amide bonds. The van der Waals surface area contributed by atoms with Gasteiger partial charge in [-0.15, -0.1) is 0 Å². The first kappa shape index (κ1) is 15.6. The predicted molar refractivity (Wildman–Crippen MR) is 87.5 cm³/mol. The molecule has 0 bridgehead atoms. The molecule has 110 valence electrons. The highest BCUT2D eigenvalue weighted by atomic mass is 79.9. The lowest BCUT2D eigenvalue weighted by molar-refractivity contribution is 0.0950. The van der Waals surface area contributed by atoms with E-state index in [-0.39, 0.29) is 5.91 Å². The zero-order valence-electron chi connectivity index (χ0n) is 11.9. The summed E-state index contributed by atoms with van der Waals surface area (Å²) in [4.78, 5) is 12.1. The van der Waals surface area contributed by atoms with Crippen molar-refractivity contribution >= 4 is 21.8 Å². The lowest BCUT2D eigenvalue weighted by atomic mass is 10.2. The third-order valence-electron chi connectivity index (χ3n) is 2.94. The topological polar surface area (TPSA) is 38.3 Å². The minimum absolute atomic E-state index is 0.0973. The van der Waals surface area contributed by atoms with Crippen molar-refractivity contribution < 1.29 is 9.53 Å². The molecule has 0 fully saturated rings. The number of rotatable bonds is 6. The fourth-order valence-electron chi connectivity index (χ4n) is 1.83. The van der Waals surface area contributed by atoms with Gasteiger partial charge in [0.05, 0.1) is 6.61 Å². The van der Waals surface area contributed by atoms with E-state index in [0.29, 0.717) is 18.7 Å². The summed E-state index contributed by atoms with van der Waals surface area (Å²) < 4.78 is 6.56. The Morgan fingerprint density at radius 3 is 2.67 bits per heavy atom. The summed E-state index contributed by atoms with van der Waals surface area (Å²) in [6.45, 7) is 3.21. The largest absolute Gasteiger partial charge is 0.494 e. The van der Waals surface area contributed by atoms with Crippen LogP contribution in [0, 0.1) is 0 Å². The first-order chi connectivity index (χ1) is 10.2. The van der Waals surface area contributed by atoms with E-state index in [0.717, 1.165) is 22.2 Å². The van der Waals surface area contributed by atoms with E-state index < -0.39 is 0 Å². The number of carbonyl (C=O) groups excluding carboxylic acids is 1. The Hall–Kier alpha value is -1.81. The van der Waals surface area contributed by atoms with Gasteiger partial charge >= 0.3 is 0 Å². The summed E-state index contributed by atoms with van der Waals surface area (Å²) >= 11 is 3.39. The van der Waals surface area contributed by atoms with Crippen LogP contribution in [0.15, 0.2) is 53.0 Å². The first-order valence-electron chi connectivity index (χ1n) is 6.94. The van der Waals surface area contributed by atoms with Crippen molar-refractivity contribution in [3.05, 3.63) is 64.1 Å². The average Bonchev–Trinajstić information content (AvgIpc) is 2.52. The number of carbonyl (C=O) groups is 1. The van der Waals surface area contributed by atoms with Crippen LogP contribution in [0.2, 0.25) is 0 Å². The summed E-state index contributed by atoms with van der Waals surface area (Å²) in [5.74, 6) is 0.632. The second kappa shape index (κ2) is 7.84. The van der Waals surface area contributed by atoms with Gasteiger partial charge in [0.25, 0.3) is 5.91 Å². The molecule has 2 aromatic rings. The van der Waals surface area contributed by atoms with Crippen molar-refractivity contribution in [3.8, 4) is 5.75 Å². The molecular weight excluding hydrogens is 330 g/mol. The van der Waals surface area contributed by atoms with Gasteiger partial charge < -0.3 is 10.1 Å². The molecule has 3 nitrogen and oxygen atoms in total. The molecule has 0 saturated carbocycles. The maximum absolute atomic E-state index is 12.1. The maximum Gasteiger partial charge on any atom is 0.251 e. The summed E-state index contributed by atoms with van der Waals surface area (Å²) in [6, 6.07) is 15.1. The van der Waals surface area contributed by atoms with Gasteiger partial charge in [0.2, 0.25) is 0 Å². The van der Waals surface area contributed by atoms with Gasteiger partial charge in [0.15, 0.2) is 0 Å². The first-order valence-corrected chi connectivity index (χ1v) is 7.74. The smallest absolute Gasteiger partial charge is 0.251 e. The van der Waals surface area contributed by atoms with Crippen LogP contribution in [-0.4, -0.2) is 12.5 Å². The van der Waals surface area contributed by atoms with Crippen LogP contribution in [0.25, 0.3) is 0 Å². The summed E-state index contributed by atoms with van der Waals surface area (Å²) in [5, 5.41) is 2.91. The molecule has 0 aliphatic heterocycles. The highest BCUT2D eigenvalue weighted by Crippen LogP contribution is 2.14. The minimum Gasteiger partial charge on any atom is -0.494 e. The lowest BCUT2D eigenvalue weighted by Crippen LogP contribution is -2.22. The quantitative estimate of drug-likeness (QED) is 0.851. The van der Waals surface area contributed by atoms with Gasteiger partial charge in [0, 0.05) is 16.6 Å². The number of benzene rings is 2. The zero-order chi connectivity index (χ0) is 15.1. The number of nitrogens with one attached hydrogen (secondary N) is 1.